The van der Waals surface area contributed by atoms with Crippen molar-refractivity contribution in [2.45, 2.75) is 0 Å². The van der Waals surface area contributed by atoms with Gasteiger partial charge in [-0.25, -0.2) is 0 Å². The van der Waals surface area contributed by atoms with Gasteiger partial charge in [0, 0.05) is 0 Å². The number of halogens is 1. The molecule has 0 aliphatic rings. The van der Waals surface area contributed by atoms with Gasteiger partial charge in [-0.05, 0) is 0 Å². The second-order valence-electron chi connectivity index (χ2n) is 0.448. The van der Waals surface area contributed by atoms with Gasteiger partial charge in [-0.2, -0.15) is 0 Å². The molecule has 0 aromatic rings. The Morgan fingerprint density at radius 1 is 1.17 bits per heavy atom. The van der Waals surface area contributed by atoms with Crippen molar-refractivity contribution in [3.63, 3.8) is 0 Å². The van der Waals surface area contributed by atoms with E-state index < -0.39 is 16.7 Å². The Labute approximate surface area is 48.3 Å². The van der Waals surface area contributed by atoms with Gasteiger partial charge < -0.3 is 0 Å². The fraction of sp³-hybridized carbons (Fsp3) is 0. The van der Waals surface area contributed by atoms with Gasteiger partial charge >= 0.3 is 31.1 Å². The Bertz CT molecular complexity index is 90.7. The Balaban J connectivity index is 0. The summed E-state index contributed by atoms with van der Waals surface area (Å²) in [6.07, 6.45) is 0. The van der Waals surface area contributed by atoms with Gasteiger partial charge in [-0.15, -0.1) is 17.0 Å². The summed E-state index contributed by atoms with van der Waals surface area (Å²) in [6.45, 7) is 0. The van der Waals surface area contributed by atoms with Crippen LogP contribution in [-0.4, -0.2) is 7.52 Å². The first-order valence-corrected chi connectivity index (χ1v) is 4.13. The van der Waals surface area contributed by atoms with E-state index in [1.54, 1.807) is 0 Å². The van der Waals surface area contributed by atoms with Gasteiger partial charge in [-0.1, -0.05) is 0 Å². The Kier molecular flexibility index (Phi) is 4.59. The molecule has 0 fully saturated rings. The molecule has 0 radical (unpaired) electrons. The fourth-order valence-corrected chi connectivity index (χ4v) is 0. The zero-order valence-electron chi connectivity index (χ0n) is 2.53. The van der Waals surface area contributed by atoms with Gasteiger partial charge in [0.1, 0.15) is 0 Å². The van der Waals surface area contributed by atoms with Gasteiger partial charge in [0.25, 0.3) is 0 Å². The molecule has 0 aromatic carbocycles. The second-order valence-corrected chi connectivity index (χ2v) is 2.65. The summed E-state index contributed by atoms with van der Waals surface area (Å²) in [4.78, 5) is 0. The SMILES string of the molecule is Br.[O]=[Mo](=[O])([OH])[OH]. The van der Waals surface area contributed by atoms with Crippen molar-refractivity contribution in [1.29, 1.82) is 0 Å². The summed E-state index contributed by atoms with van der Waals surface area (Å²) >= 11 is -5.52. The molecule has 0 saturated carbocycles. The molecule has 0 amide bonds. The Morgan fingerprint density at radius 2 is 1.17 bits per heavy atom. The van der Waals surface area contributed by atoms with Gasteiger partial charge in [0.05, 0.1) is 0 Å². The second kappa shape index (κ2) is 2.80. The third kappa shape index (κ3) is 135. The molecule has 0 heterocycles. The van der Waals surface area contributed by atoms with E-state index in [4.69, 9.17) is 14.3 Å². The van der Waals surface area contributed by atoms with Crippen molar-refractivity contribution in [2.24, 2.45) is 0 Å². The molecule has 4 nitrogen and oxygen atoms in total. The Morgan fingerprint density at radius 3 is 1.17 bits per heavy atom. The first-order valence-electron chi connectivity index (χ1n) is 0.698. The molecule has 0 rings (SSSR count). The van der Waals surface area contributed by atoms with Crippen LogP contribution in [0.1, 0.15) is 0 Å². The van der Waals surface area contributed by atoms with Gasteiger partial charge in [0.2, 0.25) is 0 Å². The average Bonchev–Trinajstić information content (AvgIpc) is 0.722. The van der Waals surface area contributed by atoms with E-state index in [1.165, 1.54) is 0 Å². The molecule has 2 N–H and O–H groups in total. The zero-order valence-corrected chi connectivity index (χ0v) is 6.25. The van der Waals surface area contributed by atoms with Crippen molar-refractivity contribution in [2.75, 3.05) is 0 Å². The molecule has 40 valence electrons. The molecule has 0 bridgehead atoms. The van der Waals surface area contributed by atoms with E-state index in [-0.39, 0.29) is 17.0 Å². The van der Waals surface area contributed by atoms with Crippen LogP contribution >= 0.6 is 17.0 Å². The van der Waals surface area contributed by atoms with E-state index in [1.807, 2.05) is 0 Å². The molecule has 0 unspecified atom stereocenters. The minimum atomic E-state index is -5.52. The van der Waals surface area contributed by atoms with E-state index in [9.17, 15) is 0 Å². The standard InChI is InChI=1S/BrH.Mo.2H2O.2O/h1H;;2*1H2;;/q;+2;;;;/p-2. The average molecular weight is 243 g/mol. The number of rotatable bonds is 0. The van der Waals surface area contributed by atoms with Crippen LogP contribution in [0.5, 0.6) is 0 Å². The van der Waals surface area contributed by atoms with E-state index in [0.717, 1.165) is 0 Å². The molecule has 6 heavy (non-hydrogen) atoms. The molecular formula is H3BrMoO4. The maximum atomic E-state index is 8.85. The topological polar surface area (TPSA) is 74.6 Å². The molecule has 0 aliphatic heterocycles. The summed E-state index contributed by atoms with van der Waals surface area (Å²) in [5.74, 6) is 0. The van der Waals surface area contributed by atoms with E-state index in [2.05, 4.69) is 0 Å². The van der Waals surface area contributed by atoms with Crippen LogP contribution in [0.4, 0.5) is 0 Å². The van der Waals surface area contributed by atoms with Gasteiger partial charge in [-0.3, -0.25) is 0 Å². The molecule has 6 heteroatoms. The first-order chi connectivity index (χ1) is 2.00. The molecule has 0 aromatic heterocycles. The van der Waals surface area contributed by atoms with E-state index >= 15 is 0 Å². The summed E-state index contributed by atoms with van der Waals surface area (Å²) in [7, 11) is 0. The van der Waals surface area contributed by atoms with Crippen molar-refractivity contribution >= 4 is 17.0 Å². The van der Waals surface area contributed by atoms with Crippen LogP contribution in [-0.2, 0) is 23.5 Å². The summed E-state index contributed by atoms with van der Waals surface area (Å²) in [5, 5.41) is 0. The predicted molar refractivity (Wildman–Crippen MR) is 16.1 cm³/mol. The number of hydrogen-bond donors (Lipinski definition) is 2. The van der Waals surface area contributed by atoms with Crippen molar-refractivity contribution in [3.8, 4) is 0 Å². The fourth-order valence-electron chi connectivity index (χ4n) is 0. The zero-order chi connectivity index (χ0) is 4.50. The molecule has 0 spiro atoms. The molecular weight excluding hydrogens is 240 g/mol. The number of hydrogen-bond acceptors (Lipinski definition) is 2. The summed E-state index contributed by atoms with van der Waals surface area (Å²) < 4.78 is 32.0. The van der Waals surface area contributed by atoms with Gasteiger partial charge in [0.15, 0.2) is 0 Å². The summed E-state index contributed by atoms with van der Waals surface area (Å²) in [5.41, 5.74) is 0. The van der Waals surface area contributed by atoms with Crippen LogP contribution in [0.25, 0.3) is 0 Å². The molecule has 0 aliphatic carbocycles. The molecule has 0 atom stereocenters. The van der Waals surface area contributed by atoms with Crippen LogP contribution in [0.2, 0.25) is 0 Å². The Hall–Kier alpha value is 0.688. The van der Waals surface area contributed by atoms with E-state index in [0.29, 0.717) is 0 Å². The van der Waals surface area contributed by atoms with Crippen LogP contribution in [0, 0.1) is 0 Å². The monoisotopic (exact) mass is 244 g/mol. The normalized spacial score (nSPS) is 9.67. The van der Waals surface area contributed by atoms with Crippen LogP contribution < -0.4 is 0 Å². The van der Waals surface area contributed by atoms with Crippen molar-refractivity contribution in [3.05, 3.63) is 0 Å². The van der Waals surface area contributed by atoms with Crippen LogP contribution in [0.15, 0.2) is 0 Å². The summed E-state index contributed by atoms with van der Waals surface area (Å²) in [6, 6.07) is 0. The third-order valence-electron chi connectivity index (χ3n) is 0. The quantitative estimate of drug-likeness (QED) is 0.547. The minimum absolute atomic E-state index is 0. The third-order valence-corrected chi connectivity index (χ3v) is 0. The van der Waals surface area contributed by atoms with Crippen molar-refractivity contribution < 1.29 is 31.1 Å². The maximum absolute atomic E-state index is 8.85. The van der Waals surface area contributed by atoms with Crippen molar-refractivity contribution in [1.82, 2.24) is 0 Å². The van der Waals surface area contributed by atoms with Crippen LogP contribution in [0.3, 0.4) is 0 Å². The predicted octanol–water partition coefficient (Wildman–Crippen LogP) is -0.776. The first kappa shape index (κ1) is 9.85. The molecule has 0 saturated heterocycles.